The highest BCUT2D eigenvalue weighted by Gasteiger charge is 2.13. The minimum atomic E-state index is -0.274. The Morgan fingerprint density at radius 3 is 2.52 bits per heavy atom. The molecule has 1 amide bonds. The van der Waals surface area contributed by atoms with Crippen molar-refractivity contribution in [3.63, 3.8) is 0 Å². The third-order valence-corrected chi connectivity index (χ3v) is 3.82. The lowest BCUT2D eigenvalue weighted by atomic mass is 10.0. The Bertz CT molecular complexity index is 842. The van der Waals surface area contributed by atoms with Crippen LogP contribution in [0.1, 0.15) is 15.9 Å². The van der Waals surface area contributed by atoms with Crippen LogP contribution in [0, 0.1) is 0 Å². The van der Waals surface area contributed by atoms with E-state index in [1.807, 2.05) is 48.5 Å². The van der Waals surface area contributed by atoms with E-state index in [-0.39, 0.29) is 11.7 Å². The highest BCUT2D eigenvalue weighted by molar-refractivity contribution is 6.03. The van der Waals surface area contributed by atoms with Crippen LogP contribution in [0.3, 0.4) is 0 Å². The lowest BCUT2D eigenvalue weighted by Crippen LogP contribution is -2.25. The highest BCUT2D eigenvalue weighted by atomic mass is 16.3. The van der Waals surface area contributed by atoms with Crippen LogP contribution in [0.2, 0.25) is 0 Å². The number of nitrogens with one attached hydrogen (secondary N) is 1. The predicted octanol–water partition coefficient (Wildman–Crippen LogP) is 3.10. The number of anilines is 1. The van der Waals surface area contributed by atoms with Crippen LogP contribution in [0.25, 0.3) is 10.8 Å². The summed E-state index contributed by atoms with van der Waals surface area (Å²) in [5, 5.41) is 14.7. The number of phenols is 1. The number of aromatic hydroxyl groups is 1. The van der Waals surface area contributed by atoms with Crippen LogP contribution in [0.5, 0.6) is 5.75 Å². The molecule has 0 fully saturated rings. The summed E-state index contributed by atoms with van der Waals surface area (Å²) in [6, 6.07) is 18.5. The van der Waals surface area contributed by atoms with Gasteiger partial charge in [-0.2, -0.15) is 0 Å². The van der Waals surface area contributed by atoms with Crippen molar-refractivity contribution in [1.82, 2.24) is 5.32 Å². The Morgan fingerprint density at radius 1 is 1.00 bits per heavy atom. The molecule has 23 heavy (non-hydrogen) atoms. The second-order valence-corrected chi connectivity index (χ2v) is 5.43. The average molecular weight is 306 g/mol. The monoisotopic (exact) mass is 306 g/mol. The van der Waals surface area contributed by atoms with E-state index in [1.54, 1.807) is 12.1 Å². The zero-order valence-corrected chi connectivity index (χ0v) is 12.6. The average Bonchev–Trinajstić information content (AvgIpc) is 2.57. The maximum atomic E-state index is 12.3. The zero-order valence-electron chi connectivity index (χ0n) is 12.6. The number of amides is 1. The van der Waals surface area contributed by atoms with Gasteiger partial charge in [0.25, 0.3) is 5.91 Å². The minimum absolute atomic E-state index is 0.0214. The number of nitrogen functional groups attached to an aromatic ring is 1. The van der Waals surface area contributed by atoms with Crippen molar-refractivity contribution in [3.8, 4) is 5.75 Å². The van der Waals surface area contributed by atoms with Gasteiger partial charge in [-0.15, -0.1) is 0 Å². The van der Waals surface area contributed by atoms with E-state index >= 15 is 0 Å². The molecule has 4 N–H and O–H groups in total. The summed E-state index contributed by atoms with van der Waals surface area (Å²) in [5.74, 6) is -0.253. The molecule has 0 aliphatic carbocycles. The molecule has 0 saturated heterocycles. The van der Waals surface area contributed by atoms with Gasteiger partial charge in [-0.3, -0.25) is 4.79 Å². The minimum Gasteiger partial charge on any atom is -0.506 e. The van der Waals surface area contributed by atoms with Crippen LogP contribution in [-0.4, -0.2) is 17.6 Å². The van der Waals surface area contributed by atoms with Gasteiger partial charge in [0, 0.05) is 17.6 Å². The molecule has 4 heteroatoms. The summed E-state index contributed by atoms with van der Waals surface area (Å²) >= 11 is 0. The molecule has 0 aromatic heterocycles. The first-order chi connectivity index (χ1) is 11.1. The first kappa shape index (κ1) is 14.9. The fourth-order valence-corrected chi connectivity index (χ4v) is 2.54. The number of nitrogens with two attached hydrogens (primary N) is 1. The lowest BCUT2D eigenvalue weighted by molar-refractivity contribution is 0.0952. The van der Waals surface area contributed by atoms with Crippen LogP contribution in [-0.2, 0) is 6.42 Å². The van der Waals surface area contributed by atoms with Crippen LogP contribution >= 0.6 is 0 Å². The van der Waals surface area contributed by atoms with E-state index in [2.05, 4.69) is 5.32 Å². The van der Waals surface area contributed by atoms with E-state index < -0.39 is 0 Å². The van der Waals surface area contributed by atoms with Gasteiger partial charge in [0.05, 0.1) is 5.56 Å². The van der Waals surface area contributed by atoms with E-state index in [0.29, 0.717) is 23.9 Å². The molecule has 0 spiro atoms. The van der Waals surface area contributed by atoms with Crippen molar-refractivity contribution in [2.24, 2.45) is 0 Å². The number of hydrogen-bond donors (Lipinski definition) is 3. The third kappa shape index (κ3) is 3.26. The fourth-order valence-electron chi connectivity index (χ4n) is 2.54. The van der Waals surface area contributed by atoms with Gasteiger partial charge in [-0.25, -0.2) is 0 Å². The molecule has 0 aliphatic heterocycles. The number of hydrogen-bond acceptors (Lipinski definition) is 3. The second-order valence-electron chi connectivity index (χ2n) is 5.43. The molecule has 0 heterocycles. The van der Waals surface area contributed by atoms with E-state index in [0.717, 1.165) is 16.6 Å². The number of carbonyl (C=O) groups excluding carboxylic acids is 1. The molecule has 0 saturated carbocycles. The molecule has 3 rings (SSSR count). The largest absolute Gasteiger partial charge is 0.506 e. The maximum absolute atomic E-state index is 12.3. The van der Waals surface area contributed by atoms with Crippen LogP contribution < -0.4 is 11.1 Å². The molecule has 0 unspecified atom stereocenters. The Hall–Kier alpha value is -3.01. The van der Waals surface area contributed by atoms with Crippen LogP contribution in [0.4, 0.5) is 5.69 Å². The molecule has 3 aromatic carbocycles. The fraction of sp³-hybridized carbons (Fsp3) is 0.105. The van der Waals surface area contributed by atoms with Crippen molar-refractivity contribution in [3.05, 3.63) is 71.8 Å². The van der Waals surface area contributed by atoms with Gasteiger partial charge in [0.2, 0.25) is 0 Å². The number of rotatable bonds is 4. The third-order valence-electron chi connectivity index (χ3n) is 3.82. The van der Waals surface area contributed by atoms with E-state index in [9.17, 15) is 9.90 Å². The quantitative estimate of drug-likeness (QED) is 0.648. The lowest BCUT2D eigenvalue weighted by Gasteiger charge is -2.09. The van der Waals surface area contributed by atoms with E-state index in [1.165, 1.54) is 0 Å². The predicted molar refractivity (Wildman–Crippen MR) is 92.5 cm³/mol. The zero-order chi connectivity index (χ0) is 16.2. The molecule has 0 atom stereocenters. The summed E-state index contributed by atoms with van der Waals surface area (Å²) in [6.45, 7) is 0.495. The first-order valence-corrected chi connectivity index (χ1v) is 7.48. The number of benzene rings is 3. The van der Waals surface area contributed by atoms with Crippen molar-refractivity contribution < 1.29 is 9.90 Å². The Labute approximate surface area is 134 Å². The molecule has 0 radical (unpaired) electrons. The van der Waals surface area contributed by atoms with E-state index in [4.69, 9.17) is 5.73 Å². The molecule has 0 aliphatic rings. The molecule has 116 valence electrons. The summed E-state index contributed by atoms with van der Waals surface area (Å²) in [6.07, 6.45) is 0.709. The van der Waals surface area contributed by atoms with Gasteiger partial charge in [0.1, 0.15) is 5.75 Å². The smallest absolute Gasteiger partial charge is 0.255 e. The topological polar surface area (TPSA) is 75.3 Å². The molecule has 3 aromatic rings. The Morgan fingerprint density at radius 2 is 1.74 bits per heavy atom. The van der Waals surface area contributed by atoms with Gasteiger partial charge in [-0.1, -0.05) is 42.5 Å². The van der Waals surface area contributed by atoms with Crippen molar-refractivity contribution in [2.75, 3.05) is 12.3 Å². The molecular weight excluding hydrogens is 288 g/mol. The maximum Gasteiger partial charge on any atom is 0.255 e. The van der Waals surface area contributed by atoms with Crippen molar-refractivity contribution in [2.45, 2.75) is 6.42 Å². The van der Waals surface area contributed by atoms with Gasteiger partial charge in [0.15, 0.2) is 0 Å². The van der Waals surface area contributed by atoms with Crippen molar-refractivity contribution >= 4 is 22.4 Å². The summed E-state index contributed by atoms with van der Waals surface area (Å²) in [7, 11) is 0. The van der Waals surface area contributed by atoms with Gasteiger partial charge >= 0.3 is 0 Å². The number of carbonyl (C=O) groups is 1. The van der Waals surface area contributed by atoms with Gasteiger partial charge < -0.3 is 16.2 Å². The summed E-state index contributed by atoms with van der Waals surface area (Å²) in [5.41, 5.74) is 7.76. The standard InChI is InChI=1S/C19H18N2O2/c20-15-8-5-13(6-9-15)11-12-21-19(23)17-10-7-14-3-1-2-4-16(14)18(17)22/h1-10,22H,11-12,20H2,(H,21,23). The number of fused-ring (bicyclic) bond motifs is 1. The molecular formula is C19H18N2O2. The van der Waals surface area contributed by atoms with Gasteiger partial charge in [-0.05, 0) is 35.6 Å². The number of phenolic OH excluding ortho intramolecular Hbond substituents is 1. The second kappa shape index (κ2) is 6.40. The Balaban J connectivity index is 1.68. The highest BCUT2D eigenvalue weighted by Crippen LogP contribution is 2.28. The SMILES string of the molecule is Nc1ccc(CCNC(=O)c2ccc3ccccc3c2O)cc1. The molecule has 0 bridgehead atoms. The summed E-state index contributed by atoms with van der Waals surface area (Å²) in [4.78, 5) is 12.3. The van der Waals surface area contributed by atoms with Crippen molar-refractivity contribution in [1.29, 1.82) is 0 Å². The normalized spacial score (nSPS) is 10.6. The first-order valence-electron chi connectivity index (χ1n) is 7.48. The van der Waals surface area contributed by atoms with Crippen LogP contribution in [0.15, 0.2) is 60.7 Å². The summed E-state index contributed by atoms with van der Waals surface area (Å²) < 4.78 is 0. The molecule has 4 nitrogen and oxygen atoms in total. The Kier molecular flexibility index (Phi) is 4.15.